The lowest BCUT2D eigenvalue weighted by molar-refractivity contribution is -0.122. The lowest BCUT2D eigenvalue weighted by atomic mass is 10.2. The number of amides is 2. The van der Waals surface area contributed by atoms with E-state index >= 15 is 0 Å². The number of thiazole rings is 1. The highest BCUT2D eigenvalue weighted by molar-refractivity contribution is 7.14. The van der Waals surface area contributed by atoms with E-state index in [0.717, 1.165) is 16.9 Å². The van der Waals surface area contributed by atoms with Crippen LogP contribution in [0, 0.1) is 6.92 Å². The standard InChI is InChI=1S/C19H26N4O2S/c1-13(2)20-18(25)11-22(5)10-16-12-26-19(21-16)23(15(4)24)17-8-6-7-14(3)9-17/h6-9,12-13H,10-11H2,1-5H3,(H,20,25). The third-order valence-corrected chi connectivity index (χ3v) is 4.48. The third-order valence-electron chi connectivity index (χ3n) is 3.60. The van der Waals surface area contributed by atoms with Gasteiger partial charge in [0.1, 0.15) is 0 Å². The molecule has 2 aromatic rings. The molecule has 1 heterocycles. The van der Waals surface area contributed by atoms with E-state index in [-0.39, 0.29) is 17.9 Å². The molecule has 2 rings (SSSR count). The molecular formula is C19H26N4O2S. The maximum Gasteiger partial charge on any atom is 0.234 e. The molecule has 0 aliphatic rings. The van der Waals surface area contributed by atoms with Gasteiger partial charge in [0.05, 0.1) is 17.9 Å². The second-order valence-corrected chi connectivity index (χ2v) is 7.55. The van der Waals surface area contributed by atoms with Gasteiger partial charge in [0.25, 0.3) is 0 Å². The number of carbonyl (C=O) groups is 2. The van der Waals surface area contributed by atoms with Crippen molar-refractivity contribution in [3.05, 3.63) is 40.9 Å². The lowest BCUT2D eigenvalue weighted by Crippen LogP contribution is -2.38. The van der Waals surface area contributed by atoms with Crippen LogP contribution in [-0.2, 0) is 16.1 Å². The van der Waals surface area contributed by atoms with Crippen LogP contribution < -0.4 is 10.2 Å². The van der Waals surface area contributed by atoms with Crippen molar-refractivity contribution in [1.29, 1.82) is 0 Å². The normalized spacial score (nSPS) is 11.0. The SMILES string of the molecule is CC(=O)N(c1cccc(C)c1)c1nc(CN(C)CC(=O)NC(C)C)cs1. The van der Waals surface area contributed by atoms with Gasteiger partial charge in [-0.3, -0.25) is 19.4 Å². The Morgan fingerprint density at radius 1 is 1.31 bits per heavy atom. The van der Waals surface area contributed by atoms with Gasteiger partial charge in [0, 0.05) is 24.9 Å². The molecule has 0 unspecified atom stereocenters. The van der Waals surface area contributed by atoms with Crippen molar-refractivity contribution in [1.82, 2.24) is 15.2 Å². The number of aromatic nitrogens is 1. The van der Waals surface area contributed by atoms with Gasteiger partial charge in [-0.2, -0.15) is 0 Å². The number of likely N-dealkylation sites (N-methyl/N-ethyl adjacent to an activating group) is 1. The number of hydrogen-bond acceptors (Lipinski definition) is 5. The van der Waals surface area contributed by atoms with Gasteiger partial charge in [-0.15, -0.1) is 11.3 Å². The Bertz CT molecular complexity index is 772. The number of benzene rings is 1. The number of rotatable bonds is 7. The molecule has 0 aliphatic heterocycles. The Labute approximate surface area is 158 Å². The average Bonchev–Trinajstić information content (AvgIpc) is 2.93. The van der Waals surface area contributed by atoms with Crippen LogP contribution in [0.25, 0.3) is 0 Å². The zero-order valence-electron chi connectivity index (χ0n) is 15.9. The van der Waals surface area contributed by atoms with Gasteiger partial charge >= 0.3 is 0 Å². The van der Waals surface area contributed by atoms with Crippen molar-refractivity contribution < 1.29 is 9.59 Å². The van der Waals surface area contributed by atoms with Crippen LogP contribution in [0.2, 0.25) is 0 Å². The second-order valence-electron chi connectivity index (χ2n) is 6.71. The quantitative estimate of drug-likeness (QED) is 0.809. The number of nitrogens with zero attached hydrogens (tertiary/aromatic N) is 3. The second kappa shape index (κ2) is 8.91. The third kappa shape index (κ3) is 5.64. The largest absolute Gasteiger partial charge is 0.353 e. The molecule has 2 amide bonds. The van der Waals surface area contributed by atoms with Crippen LogP contribution >= 0.6 is 11.3 Å². The molecule has 26 heavy (non-hydrogen) atoms. The Morgan fingerprint density at radius 3 is 2.65 bits per heavy atom. The van der Waals surface area contributed by atoms with E-state index in [1.54, 1.807) is 4.90 Å². The summed E-state index contributed by atoms with van der Waals surface area (Å²) in [5.41, 5.74) is 2.73. The summed E-state index contributed by atoms with van der Waals surface area (Å²) in [7, 11) is 1.88. The van der Waals surface area contributed by atoms with Gasteiger partial charge in [0.2, 0.25) is 11.8 Å². The van der Waals surface area contributed by atoms with E-state index in [0.29, 0.717) is 18.2 Å². The summed E-state index contributed by atoms with van der Waals surface area (Å²) in [6.45, 7) is 8.25. The molecule has 1 aromatic carbocycles. The van der Waals surface area contributed by atoms with Crippen molar-refractivity contribution in [3.8, 4) is 0 Å². The van der Waals surface area contributed by atoms with E-state index in [2.05, 4.69) is 10.3 Å². The number of aryl methyl sites for hydroxylation is 1. The van der Waals surface area contributed by atoms with Crippen molar-refractivity contribution >= 4 is 34.0 Å². The molecule has 0 fully saturated rings. The molecule has 1 N–H and O–H groups in total. The molecule has 0 saturated carbocycles. The molecule has 0 aliphatic carbocycles. The summed E-state index contributed by atoms with van der Waals surface area (Å²) in [5.74, 6) is -0.0933. The lowest BCUT2D eigenvalue weighted by Gasteiger charge is -2.19. The minimum atomic E-state index is -0.0823. The first-order valence-electron chi connectivity index (χ1n) is 8.56. The number of nitrogens with one attached hydrogen (secondary N) is 1. The molecular weight excluding hydrogens is 348 g/mol. The predicted molar refractivity (Wildman–Crippen MR) is 106 cm³/mol. The van der Waals surface area contributed by atoms with Crippen molar-refractivity contribution in [2.45, 2.75) is 40.3 Å². The van der Waals surface area contributed by atoms with Crippen LogP contribution in [0.1, 0.15) is 32.0 Å². The van der Waals surface area contributed by atoms with Crippen molar-refractivity contribution in [2.75, 3.05) is 18.5 Å². The first kappa shape index (κ1) is 20.1. The molecule has 0 radical (unpaired) electrons. The van der Waals surface area contributed by atoms with E-state index in [9.17, 15) is 9.59 Å². The summed E-state index contributed by atoms with van der Waals surface area (Å²) >= 11 is 1.42. The van der Waals surface area contributed by atoms with E-state index in [1.807, 2.05) is 62.4 Å². The van der Waals surface area contributed by atoms with Gasteiger partial charge in [-0.25, -0.2) is 4.98 Å². The fourth-order valence-corrected chi connectivity index (χ4v) is 3.49. The maximum absolute atomic E-state index is 12.2. The zero-order chi connectivity index (χ0) is 19.3. The molecule has 0 saturated heterocycles. The van der Waals surface area contributed by atoms with Gasteiger partial charge in [-0.05, 0) is 45.5 Å². The topological polar surface area (TPSA) is 65.5 Å². The fourth-order valence-electron chi connectivity index (χ4n) is 2.61. The first-order chi connectivity index (χ1) is 12.3. The number of hydrogen-bond donors (Lipinski definition) is 1. The van der Waals surface area contributed by atoms with Crippen LogP contribution in [0.15, 0.2) is 29.6 Å². The average molecular weight is 375 g/mol. The highest BCUT2D eigenvalue weighted by Gasteiger charge is 2.18. The molecule has 140 valence electrons. The summed E-state index contributed by atoms with van der Waals surface area (Å²) in [6.07, 6.45) is 0. The van der Waals surface area contributed by atoms with E-state index in [1.165, 1.54) is 18.3 Å². The molecule has 6 nitrogen and oxygen atoms in total. The van der Waals surface area contributed by atoms with Crippen LogP contribution in [0.3, 0.4) is 0 Å². The van der Waals surface area contributed by atoms with E-state index < -0.39 is 0 Å². The summed E-state index contributed by atoms with van der Waals surface area (Å²) in [5, 5.41) is 5.44. The highest BCUT2D eigenvalue weighted by atomic mass is 32.1. The van der Waals surface area contributed by atoms with E-state index in [4.69, 9.17) is 0 Å². The summed E-state index contributed by atoms with van der Waals surface area (Å²) in [4.78, 5) is 32.1. The van der Waals surface area contributed by atoms with Crippen molar-refractivity contribution in [3.63, 3.8) is 0 Å². The molecule has 0 bridgehead atoms. The number of carbonyl (C=O) groups excluding carboxylic acids is 2. The summed E-state index contributed by atoms with van der Waals surface area (Å²) < 4.78 is 0. The van der Waals surface area contributed by atoms with Crippen LogP contribution in [-0.4, -0.2) is 41.3 Å². The number of anilines is 2. The molecule has 0 atom stereocenters. The predicted octanol–water partition coefficient (Wildman–Crippen LogP) is 3.09. The Hall–Kier alpha value is -2.25. The molecule has 0 spiro atoms. The maximum atomic E-state index is 12.2. The Balaban J connectivity index is 2.09. The highest BCUT2D eigenvalue weighted by Crippen LogP contribution is 2.29. The van der Waals surface area contributed by atoms with Crippen molar-refractivity contribution in [2.24, 2.45) is 0 Å². The summed E-state index contributed by atoms with van der Waals surface area (Å²) in [6, 6.07) is 7.91. The molecule has 7 heteroatoms. The van der Waals surface area contributed by atoms with Crippen LogP contribution in [0.5, 0.6) is 0 Å². The monoisotopic (exact) mass is 374 g/mol. The van der Waals surface area contributed by atoms with Gasteiger partial charge in [-0.1, -0.05) is 12.1 Å². The van der Waals surface area contributed by atoms with Gasteiger partial charge < -0.3 is 5.32 Å². The van der Waals surface area contributed by atoms with Crippen LogP contribution in [0.4, 0.5) is 10.8 Å². The minimum absolute atomic E-state index is 0.0110. The zero-order valence-corrected chi connectivity index (χ0v) is 16.8. The van der Waals surface area contributed by atoms with Gasteiger partial charge in [0.15, 0.2) is 5.13 Å². The Kier molecular flexibility index (Phi) is 6.88. The smallest absolute Gasteiger partial charge is 0.234 e. The fraction of sp³-hybridized carbons (Fsp3) is 0.421. The molecule has 1 aromatic heterocycles. The minimum Gasteiger partial charge on any atom is -0.353 e. The first-order valence-corrected chi connectivity index (χ1v) is 9.44. The Morgan fingerprint density at radius 2 is 2.04 bits per heavy atom.